The largest absolute Gasteiger partial charge is 0.294 e. The van der Waals surface area contributed by atoms with E-state index in [1.165, 1.54) is 16.8 Å². The van der Waals surface area contributed by atoms with Crippen molar-refractivity contribution in [2.75, 3.05) is 0 Å². The van der Waals surface area contributed by atoms with E-state index in [0.29, 0.717) is 10.9 Å². The van der Waals surface area contributed by atoms with Crippen LogP contribution in [0.1, 0.15) is 19.0 Å². The van der Waals surface area contributed by atoms with Crippen LogP contribution < -0.4 is 5.56 Å². The number of H-pyrrole nitrogens is 1. The Balaban J connectivity index is 2.63. The normalized spacial score (nSPS) is 10.6. The summed E-state index contributed by atoms with van der Waals surface area (Å²) in [6, 6.07) is 6.13. The van der Waals surface area contributed by atoms with Gasteiger partial charge in [0.25, 0.3) is 11.2 Å². The van der Waals surface area contributed by atoms with Crippen molar-refractivity contribution in [2.24, 2.45) is 0 Å². The molecule has 100 valence electrons. The van der Waals surface area contributed by atoms with Crippen molar-refractivity contribution in [3.63, 3.8) is 0 Å². The second-order valence-electron chi connectivity index (χ2n) is 4.04. The number of halogens is 1. The number of nitro groups is 1. The lowest BCUT2D eigenvalue weighted by molar-refractivity contribution is -0.384. The summed E-state index contributed by atoms with van der Waals surface area (Å²) in [7, 11) is 0. The Bertz CT molecular complexity index is 675. The molecule has 0 spiro atoms. The minimum atomic E-state index is -0.504. The van der Waals surface area contributed by atoms with Gasteiger partial charge in [0.2, 0.25) is 0 Å². The van der Waals surface area contributed by atoms with Crippen LogP contribution in [0.2, 0.25) is 0 Å². The van der Waals surface area contributed by atoms with Gasteiger partial charge in [-0.15, -0.1) is 0 Å². The summed E-state index contributed by atoms with van der Waals surface area (Å²) in [6.07, 6.45) is 1.57. The van der Waals surface area contributed by atoms with Gasteiger partial charge in [-0.25, -0.2) is 4.68 Å². The van der Waals surface area contributed by atoms with E-state index in [-0.39, 0.29) is 16.9 Å². The van der Waals surface area contributed by atoms with Crippen LogP contribution in [0.25, 0.3) is 5.69 Å². The Labute approximate surface area is 117 Å². The molecule has 0 unspecified atom stereocenters. The van der Waals surface area contributed by atoms with E-state index in [9.17, 15) is 14.9 Å². The summed E-state index contributed by atoms with van der Waals surface area (Å²) in [4.78, 5) is 22.6. The zero-order valence-corrected chi connectivity index (χ0v) is 11.8. The van der Waals surface area contributed by atoms with Gasteiger partial charge in [-0.3, -0.25) is 20.0 Å². The number of rotatable bonds is 4. The van der Waals surface area contributed by atoms with Gasteiger partial charge in [-0.05, 0) is 28.4 Å². The monoisotopic (exact) mass is 325 g/mol. The third kappa shape index (κ3) is 2.46. The van der Waals surface area contributed by atoms with Gasteiger partial charge in [-0.1, -0.05) is 25.5 Å². The Morgan fingerprint density at radius 2 is 2.11 bits per heavy atom. The minimum absolute atomic E-state index is 0.110. The minimum Gasteiger partial charge on any atom is -0.294 e. The van der Waals surface area contributed by atoms with Crippen LogP contribution in [0.3, 0.4) is 0 Å². The van der Waals surface area contributed by atoms with Crippen LogP contribution in [-0.2, 0) is 6.42 Å². The molecule has 1 heterocycles. The van der Waals surface area contributed by atoms with Gasteiger partial charge in [0.15, 0.2) is 0 Å². The highest BCUT2D eigenvalue weighted by Gasteiger charge is 2.19. The predicted molar refractivity (Wildman–Crippen MR) is 74.7 cm³/mol. The van der Waals surface area contributed by atoms with Gasteiger partial charge in [-0.2, -0.15) is 0 Å². The molecule has 1 aromatic carbocycles. The number of benzene rings is 1. The molecule has 2 rings (SSSR count). The smallest absolute Gasteiger partial charge is 0.294 e. The summed E-state index contributed by atoms with van der Waals surface area (Å²) in [5.74, 6) is 0. The Hall–Kier alpha value is -1.89. The Morgan fingerprint density at radius 3 is 2.74 bits per heavy atom. The third-order valence-corrected chi connectivity index (χ3v) is 3.54. The van der Waals surface area contributed by atoms with Crippen molar-refractivity contribution >= 4 is 21.6 Å². The molecule has 0 radical (unpaired) electrons. The first-order valence-electron chi connectivity index (χ1n) is 5.79. The lowest BCUT2D eigenvalue weighted by Crippen LogP contribution is -2.16. The average Bonchev–Trinajstić information content (AvgIpc) is 2.67. The molecule has 0 bridgehead atoms. The van der Waals surface area contributed by atoms with Crippen molar-refractivity contribution in [1.29, 1.82) is 0 Å². The molecule has 0 amide bonds. The second kappa shape index (κ2) is 5.40. The number of aromatic nitrogens is 2. The summed E-state index contributed by atoms with van der Waals surface area (Å²) >= 11 is 3.23. The molecule has 19 heavy (non-hydrogen) atoms. The SMILES string of the molecule is CCCc1[nH]n(-c2ccccc2[N+](=O)[O-])c(=O)c1Br. The van der Waals surface area contributed by atoms with E-state index >= 15 is 0 Å². The van der Waals surface area contributed by atoms with Gasteiger partial charge in [0.1, 0.15) is 10.2 Å². The number of aryl methyl sites for hydroxylation is 1. The summed E-state index contributed by atoms with van der Waals surface area (Å²) in [5, 5.41) is 13.9. The fourth-order valence-electron chi connectivity index (χ4n) is 1.85. The number of nitrogens with zero attached hydrogens (tertiary/aromatic N) is 2. The van der Waals surface area contributed by atoms with Crippen molar-refractivity contribution in [2.45, 2.75) is 19.8 Å². The molecule has 2 aromatic rings. The van der Waals surface area contributed by atoms with Crippen LogP contribution in [-0.4, -0.2) is 14.7 Å². The molecule has 0 fully saturated rings. The standard InChI is InChI=1S/C12H12BrN3O3/c1-2-5-8-11(13)12(17)15(14-8)9-6-3-4-7-10(9)16(18)19/h3-4,6-7,14H,2,5H2,1H3. The fourth-order valence-corrected chi connectivity index (χ4v) is 2.32. The summed E-state index contributed by atoms with van der Waals surface area (Å²) < 4.78 is 1.63. The third-order valence-electron chi connectivity index (χ3n) is 2.72. The van der Waals surface area contributed by atoms with E-state index in [2.05, 4.69) is 21.0 Å². The fraction of sp³-hybridized carbons (Fsp3) is 0.250. The first kappa shape index (κ1) is 13.5. The number of nitro benzene ring substituents is 1. The molecule has 0 atom stereocenters. The van der Waals surface area contributed by atoms with Crippen LogP contribution in [0, 0.1) is 10.1 Å². The quantitative estimate of drug-likeness (QED) is 0.693. The first-order valence-corrected chi connectivity index (χ1v) is 6.58. The highest BCUT2D eigenvalue weighted by Crippen LogP contribution is 2.22. The van der Waals surface area contributed by atoms with E-state index < -0.39 is 4.92 Å². The molecular formula is C12H12BrN3O3. The van der Waals surface area contributed by atoms with Crippen molar-refractivity contribution in [3.8, 4) is 5.69 Å². The molecule has 1 N–H and O–H groups in total. The van der Waals surface area contributed by atoms with Crippen molar-refractivity contribution in [1.82, 2.24) is 9.78 Å². The zero-order valence-electron chi connectivity index (χ0n) is 10.2. The van der Waals surface area contributed by atoms with E-state index in [1.807, 2.05) is 6.92 Å². The first-order chi connectivity index (χ1) is 9.06. The van der Waals surface area contributed by atoms with Crippen LogP contribution in [0.15, 0.2) is 33.5 Å². The number of hydrogen-bond acceptors (Lipinski definition) is 3. The average molecular weight is 326 g/mol. The summed E-state index contributed by atoms with van der Waals surface area (Å²) in [5.41, 5.74) is 0.547. The molecule has 6 nitrogen and oxygen atoms in total. The van der Waals surface area contributed by atoms with E-state index in [1.54, 1.807) is 12.1 Å². The molecule has 1 aromatic heterocycles. The van der Waals surface area contributed by atoms with Crippen LogP contribution >= 0.6 is 15.9 Å². The van der Waals surface area contributed by atoms with Crippen LogP contribution in [0.4, 0.5) is 5.69 Å². The summed E-state index contributed by atoms with van der Waals surface area (Å²) in [6.45, 7) is 1.99. The number of nitrogens with one attached hydrogen (secondary N) is 1. The zero-order chi connectivity index (χ0) is 14.0. The molecule has 0 saturated carbocycles. The Kier molecular flexibility index (Phi) is 3.84. The van der Waals surface area contributed by atoms with Crippen molar-refractivity contribution < 1.29 is 4.92 Å². The molecular weight excluding hydrogens is 314 g/mol. The molecule has 0 saturated heterocycles. The number of para-hydroxylation sites is 2. The van der Waals surface area contributed by atoms with Gasteiger partial charge in [0.05, 0.1) is 10.6 Å². The second-order valence-corrected chi connectivity index (χ2v) is 4.83. The van der Waals surface area contributed by atoms with Gasteiger partial charge < -0.3 is 0 Å². The highest BCUT2D eigenvalue weighted by atomic mass is 79.9. The molecule has 7 heteroatoms. The van der Waals surface area contributed by atoms with Crippen LogP contribution in [0.5, 0.6) is 0 Å². The molecule has 0 aliphatic carbocycles. The lowest BCUT2D eigenvalue weighted by atomic mass is 10.2. The van der Waals surface area contributed by atoms with E-state index in [0.717, 1.165) is 12.1 Å². The predicted octanol–water partition coefficient (Wildman–Crippen LogP) is 2.79. The maximum absolute atomic E-state index is 12.1. The highest BCUT2D eigenvalue weighted by molar-refractivity contribution is 9.10. The van der Waals surface area contributed by atoms with Gasteiger partial charge >= 0.3 is 0 Å². The molecule has 0 aliphatic rings. The van der Waals surface area contributed by atoms with Gasteiger partial charge in [0, 0.05) is 6.07 Å². The maximum atomic E-state index is 12.1. The maximum Gasteiger partial charge on any atom is 0.294 e. The van der Waals surface area contributed by atoms with E-state index in [4.69, 9.17) is 0 Å². The van der Waals surface area contributed by atoms with Crippen molar-refractivity contribution in [3.05, 3.63) is 54.9 Å². The topological polar surface area (TPSA) is 80.9 Å². The number of hydrogen-bond donors (Lipinski definition) is 1. The Morgan fingerprint density at radius 1 is 1.42 bits per heavy atom. The molecule has 0 aliphatic heterocycles. The lowest BCUT2D eigenvalue weighted by Gasteiger charge is -2.02. The number of aromatic amines is 1.